The highest BCUT2D eigenvalue weighted by atomic mass is 19.1. The van der Waals surface area contributed by atoms with E-state index in [1.54, 1.807) is 25.3 Å². The molecule has 0 saturated carbocycles. The lowest BCUT2D eigenvalue weighted by Gasteiger charge is -2.19. The average Bonchev–Trinajstić information content (AvgIpc) is 3.32. The number of esters is 1. The van der Waals surface area contributed by atoms with Gasteiger partial charge in [-0.2, -0.15) is 0 Å². The van der Waals surface area contributed by atoms with Crippen molar-refractivity contribution in [2.45, 2.75) is 32.9 Å². The second-order valence-electron chi connectivity index (χ2n) is 6.75. The monoisotopic (exact) mass is 403 g/mol. The number of pyridine rings is 1. The van der Waals surface area contributed by atoms with Gasteiger partial charge >= 0.3 is 5.97 Å². The molecule has 2 aromatic rings. The van der Waals surface area contributed by atoms with Crippen molar-refractivity contribution < 1.29 is 18.3 Å². The van der Waals surface area contributed by atoms with Crippen LogP contribution in [-0.4, -0.2) is 49.7 Å². The molecule has 8 nitrogen and oxygen atoms in total. The third kappa shape index (κ3) is 5.04. The number of nitrogens with zero attached hydrogens (tertiary/aromatic N) is 3. The summed E-state index contributed by atoms with van der Waals surface area (Å²) in [5, 5.41) is 6.57. The minimum absolute atomic E-state index is 0.109. The molecule has 29 heavy (non-hydrogen) atoms. The minimum atomic E-state index is -0.431. The Labute approximate surface area is 169 Å². The van der Waals surface area contributed by atoms with Gasteiger partial charge in [-0.05, 0) is 38.5 Å². The first-order valence-electron chi connectivity index (χ1n) is 9.59. The van der Waals surface area contributed by atoms with Crippen molar-refractivity contribution in [1.82, 2.24) is 15.6 Å². The van der Waals surface area contributed by atoms with Crippen molar-refractivity contribution in [2.24, 2.45) is 4.99 Å². The molecule has 1 aliphatic rings. The quantitative estimate of drug-likeness (QED) is 0.434. The molecule has 0 aromatic carbocycles. The molecule has 2 N–H and O–H groups in total. The Morgan fingerprint density at radius 1 is 1.52 bits per heavy atom. The molecule has 0 spiro atoms. The maximum absolute atomic E-state index is 14.0. The van der Waals surface area contributed by atoms with Crippen molar-refractivity contribution in [3.8, 4) is 0 Å². The van der Waals surface area contributed by atoms with E-state index in [-0.39, 0.29) is 18.4 Å². The summed E-state index contributed by atoms with van der Waals surface area (Å²) in [4.78, 5) is 22.3. The fourth-order valence-electron chi connectivity index (χ4n) is 3.29. The molecule has 1 atom stereocenters. The fraction of sp³-hybridized carbons (Fsp3) is 0.450. The lowest BCUT2D eigenvalue weighted by Crippen LogP contribution is -2.44. The van der Waals surface area contributed by atoms with Crippen LogP contribution in [0.2, 0.25) is 0 Å². The van der Waals surface area contributed by atoms with E-state index in [0.29, 0.717) is 48.5 Å². The lowest BCUT2D eigenvalue weighted by atomic mass is 10.2. The largest absolute Gasteiger partial charge is 0.465 e. The summed E-state index contributed by atoms with van der Waals surface area (Å²) in [6, 6.07) is 4.76. The van der Waals surface area contributed by atoms with Gasteiger partial charge < -0.3 is 24.7 Å². The van der Waals surface area contributed by atoms with E-state index in [0.717, 1.165) is 6.42 Å². The number of furan rings is 1. The number of halogens is 1. The van der Waals surface area contributed by atoms with Gasteiger partial charge in [0.2, 0.25) is 0 Å². The maximum Gasteiger partial charge on any atom is 0.341 e. The topological polar surface area (TPSA) is 92.0 Å². The number of guanidine groups is 1. The van der Waals surface area contributed by atoms with Gasteiger partial charge in [0, 0.05) is 31.9 Å². The van der Waals surface area contributed by atoms with E-state index in [2.05, 4.69) is 20.6 Å². The summed E-state index contributed by atoms with van der Waals surface area (Å²) in [6.07, 6.45) is 2.44. The van der Waals surface area contributed by atoms with Crippen LogP contribution in [0.1, 0.15) is 35.2 Å². The molecule has 1 fully saturated rings. The molecule has 9 heteroatoms. The first kappa shape index (κ1) is 20.6. The average molecular weight is 403 g/mol. The lowest BCUT2D eigenvalue weighted by molar-refractivity contribution is 0.0599. The van der Waals surface area contributed by atoms with Crippen LogP contribution in [0.15, 0.2) is 33.8 Å². The van der Waals surface area contributed by atoms with Gasteiger partial charge in [0.15, 0.2) is 17.6 Å². The molecule has 0 radical (unpaired) electrons. The summed E-state index contributed by atoms with van der Waals surface area (Å²) in [5.41, 5.74) is 0.402. The number of anilines is 1. The van der Waals surface area contributed by atoms with E-state index >= 15 is 0 Å². The molecule has 0 amide bonds. The van der Waals surface area contributed by atoms with Gasteiger partial charge in [-0.15, -0.1) is 0 Å². The van der Waals surface area contributed by atoms with Gasteiger partial charge in [0.05, 0.1) is 7.11 Å². The molecule has 2 aromatic heterocycles. The zero-order valence-electron chi connectivity index (χ0n) is 16.9. The Morgan fingerprint density at radius 3 is 3.07 bits per heavy atom. The number of carbonyl (C=O) groups is 1. The third-order valence-electron chi connectivity index (χ3n) is 4.68. The number of carbonyl (C=O) groups excluding carboxylic acids is 1. The Kier molecular flexibility index (Phi) is 6.69. The summed E-state index contributed by atoms with van der Waals surface area (Å²) in [5.74, 6) is 1.34. The summed E-state index contributed by atoms with van der Waals surface area (Å²) >= 11 is 0. The molecule has 3 rings (SSSR count). The Morgan fingerprint density at radius 2 is 2.34 bits per heavy atom. The summed E-state index contributed by atoms with van der Waals surface area (Å²) < 4.78 is 24.3. The van der Waals surface area contributed by atoms with Crippen molar-refractivity contribution in [1.29, 1.82) is 0 Å². The second-order valence-corrected chi connectivity index (χ2v) is 6.75. The number of ether oxygens (including phenoxy) is 1. The molecule has 156 valence electrons. The van der Waals surface area contributed by atoms with Crippen LogP contribution in [-0.2, 0) is 11.3 Å². The van der Waals surface area contributed by atoms with Crippen LogP contribution < -0.4 is 15.5 Å². The highest BCUT2D eigenvalue weighted by molar-refractivity contribution is 5.90. The SMILES string of the molecule is CCNC(=NCc1cc(C(=O)OC)c(C)o1)NC1CCN(c2ncccc2F)C1. The number of methoxy groups -OCH3 is 1. The predicted octanol–water partition coefficient (Wildman–Crippen LogP) is 2.24. The number of aromatic nitrogens is 1. The number of hydrogen-bond donors (Lipinski definition) is 2. The zero-order valence-corrected chi connectivity index (χ0v) is 16.9. The standard InChI is InChI=1S/C20H26FN5O3/c1-4-22-20(24-11-15-10-16(13(2)29-15)19(27)28-3)25-14-7-9-26(12-14)18-17(21)6-5-8-23-18/h5-6,8,10,14H,4,7,9,11-12H2,1-3H3,(H2,22,24,25). The van der Waals surface area contributed by atoms with Crippen molar-refractivity contribution in [2.75, 3.05) is 31.6 Å². The number of nitrogens with one attached hydrogen (secondary N) is 2. The van der Waals surface area contributed by atoms with Crippen LogP contribution in [0.4, 0.5) is 10.2 Å². The number of hydrogen-bond acceptors (Lipinski definition) is 6. The number of aryl methyl sites for hydroxylation is 1. The van der Waals surface area contributed by atoms with Crippen LogP contribution in [0.5, 0.6) is 0 Å². The molecule has 1 saturated heterocycles. The highest BCUT2D eigenvalue weighted by Crippen LogP contribution is 2.21. The molecule has 0 bridgehead atoms. The van der Waals surface area contributed by atoms with Gasteiger partial charge in [0.25, 0.3) is 0 Å². The van der Waals surface area contributed by atoms with E-state index in [1.165, 1.54) is 13.2 Å². The van der Waals surface area contributed by atoms with Crippen LogP contribution in [0.25, 0.3) is 0 Å². The maximum atomic E-state index is 14.0. The fourth-order valence-corrected chi connectivity index (χ4v) is 3.29. The highest BCUT2D eigenvalue weighted by Gasteiger charge is 2.26. The molecule has 1 aliphatic heterocycles. The first-order valence-corrected chi connectivity index (χ1v) is 9.59. The molecule has 0 aliphatic carbocycles. The first-order chi connectivity index (χ1) is 14.0. The Balaban J connectivity index is 1.63. The van der Waals surface area contributed by atoms with Crippen molar-refractivity contribution >= 4 is 17.7 Å². The molecular weight excluding hydrogens is 377 g/mol. The Hall–Kier alpha value is -3.10. The zero-order chi connectivity index (χ0) is 20.8. The number of rotatable bonds is 6. The van der Waals surface area contributed by atoms with Crippen molar-refractivity contribution in [3.63, 3.8) is 0 Å². The second kappa shape index (κ2) is 9.40. The summed E-state index contributed by atoms with van der Waals surface area (Å²) in [6.45, 7) is 6.01. The van der Waals surface area contributed by atoms with Gasteiger partial charge in [0.1, 0.15) is 23.6 Å². The summed E-state index contributed by atoms with van der Waals surface area (Å²) in [7, 11) is 1.33. The Bertz CT molecular complexity index is 883. The van der Waals surface area contributed by atoms with Gasteiger partial charge in [-0.25, -0.2) is 19.2 Å². The van der Waals surface area contributed by atoms with E-state index in [1.807, 2.05) is 11.8 Å². The van der Waals surface area contributed by atoms with E-state index < -0.39 is 5.97 Å². The third-order valence-corrected chi connectivity index (χ3v) is 4.68. The van der Waals surface area contributed by atoms with Crippen LogP contribution in [0.3, 0.4) is 0 Å². The minimum Gasteiger partial charge on any atom is -0.465 e. The van der Waals surface area contributed by atoms with Crippen LogP contribution in [0, 0.1) is 12.7 Å². The molecule has 1 unspecified atom stereocenters. The van der Waals surface area contributed by atoms with Gasteiger partial charge in [-0.1, -0.05) is 0 Å². The normalized spacial score (nSPS) is 16.8. The van der Waals surface area contributed by atoms with E-state index in [9.17, 15) is 9.18 Å². The smallest absolute Gasteiger partial charge is 0.341 e. The molecular formula is C20H26FN5O3. The number of aliphatic imine (C=N–C) groups is 1. The van der Waals surface area contributed by atoms with Crippen LogP contribution >= 0.6 is 0 Å². The predicted molar refractivity (Wildman–Crippen MR) is 108 cm³/mol. The molecule has 3 heterocycles. The van der Waals surface area contributed by atoms with Crippen molar-refractivity contribution in [3.05, 3.63) is 47.3 Å². The van der Waals surface area contributed by atoms with E-state index in [4.69, 9.17) is 9.15 Å². The van der Waals surface area contributed by atoms with Gasteiger partial charge in [-0.3, -0.25) is 0 Å².